The molecule has 1 atom stereocenters. The van der Waals surface area contributed by atoms with Crippen molar-refractivity contribution < 1.29 is 0 Å². The number of rotatable bonds is 1. The van der Waals surface area contributed by atoms with Crippen LogP contribution in [0.2, 0.25) is 0 Å². The van der Waals surface area contributed by atoms with E-state index in [4.69, 9.17) is 0 Å². The lowest BCUT2D eigenvalue weighted by Gasteiger charge is -2.17. The van der Waals surface area contributed by atoms with Gasteiger partial charge in [0.1, 0.15) is 0 Å². The Balaban J connectivity index is 2.43. The molecule has 1 aromatic rings. The molecule has 0 saturated carbocycles. The third-order valence-electron chi connectivity index (χ3n) is 2.74. The van der Waals surface area contributed by atoms with E-state index in [2.05, 4.69) is 48.3 Å². The molecule has 1 aromatic heterocycles. The zero-order valence-corrected chi connectivity index (χ0v) is 8.04. The normalized spacial score (nSPS) is 25.7. The minimum atomic E-state index is 0.194. The molecule has 1 heterocycles. The summed E-state index contributed by atoms with van der Waals surface area (Å²) in [5, 5.41) is 6.96. The minimum Gasteiger partial charge on any atom is -0.278 e. The third kappa shape index (κ3) is 1.44. The molecule has 1 unspecified atom stereocenters. The Bertz CT molecular complexity index is 329. The van der Waals surface area contributed by atoms with Gasteiger partial charge in [-0.1, -0.05) is 32.1 Å². The van der Waals surface area contributed by atoms with Crippen LogP contribution < -0.4 is 0 Å². The van der Waals surface area contributed by atoms with Gasteiger partial charge in [-0.25, -0.2) is 0 Å². The maximum absolute atomic E-state index is 3.99. The summed E-state index contributed by atoms with van der Waals surface area (Å²) in [6.45, 7) is 4.44. The standard InChI is InChI=1S/C11H14N2/c1-3-11(2)6-4-9-8-12-13-10(9)5-7-11/h4-8H,3H2,1-2H3,(H,12,13). The number of hydrogen-bond donors (Lipinski definition) is 1. The monoisotopic (exact) mass is 174 g/mol. The van der Waals surface area contributed by atoms with Crippen LogP contribution in [0.3, 0.4) is 0 Å². The number of nitrogens with zero attached hydrogens (tertiary/aromatic N) is 1. The van der Waals surface area contributed by atoms with Gasteiger partial charge < -0.3 is 0 Å². The number of hydrogen-bond acceptors (Lipinski definition) is 1. The molecule has 0 saturated heterocycles. The van der Waals surface area contributed by atoms with E-state index in [0.717, 1.165) is 12.1 Å². The van der Waals surface area contributed by atoms with Crippen LogP contribution in [0.1, 0.15) is 31.5 Å². The Morgan fingerprint density at radius 2 is 2.15 bits per heavy atom. The lowest BCUT2D eigenvalue weighted by molar-refractivity contribution is 0.536. The molecule has 0 aliphatic heterocycles. The molecule has 0 fully saturated rings. The zero-order chi connectivity index (χ0) is 9.31. The summed E-state index contributed by atoms with van der Waals surface area (Å²) in [7, 11) is 0. The molecule has 13 heavy (non-hydrogen) atoms. The van der Waals surface area contributed by atoms with E-state index >= 15 is 0 Å². The van der Waals surface area contributed by atoms with Gasteiger partial charge in [0.05, 0.1) is 11.9 Å². The van der Waals surface area contributed by atoms with Crippen molar-refractivity contribution in [1.82, 2.24) is 10.2 Å². The van der Waals surface area contributed by atoms with Crippen LogP contribution >= 0.6 is 0 Å². The molecule has 68 valence electrons. The molecular weight excluding hydrogens is 160 g/mol. The van der Waals surface area contributed by atoms with Crippen molar-refractivity contribution in [2.24, 2.45) is 5.41 Å². The number of aromatic nitrogens is 2. The van der Waals surface area contributed by atoms with Gasteiger partial charge in [-0.3, -0.25) is 5.10 Å². The van der Waals surface area contributed by atoms with Gasteiger partial charge in [0.15, 0.2) is 0 Å². The van der Waals surface area contributed by atoms with Gasteiger partial charge in [-0.15, -0.1) is 0 Å². The summed E-state index contributed by atoms with van der Waals surface area (Å²) >= 11 is 0. The SMILES string of the molecule is CCC1(C)C=Cc2cn[nH]c2C=C1. The molecule has 2 nitrogen and oxygen atoms in total. The van der Waals surface area contributed by atoms with Gasteiger partial charge in [0, 0.05) is 11.0 Å². The highest BCUT2D eigenvalue weighted by Crippen LogP contribution is 2.30. The van der Waals surface area contributed by atoms with Crippen LogP contribution in [-0.4, -0.2) is 10.2 Å². The smallest absolute Gasteiger partial charge is 0.0647 e. The van der Waals surface area contributed by atoms with E-state index in [1.807, 2.05) is 6.20 Å². The molecule has 1 N–H and O–H groups in total. The van der Waals surface area contributed by atoms with Crippen molar-refractivity contribution in [3.8, 4) is 0 Å². The van der Waals surface area contributed by atoms with Crippen LogP contribution in [-0.2, 0) is 0 Å². The summed E-state index contributed by atoms with van der Waals surface area (Å²) in [4.78, 5) is 0. The van der Waals surface area contributed by atoms with Gasteiger partial charge in [0.25, 0.3) is 0 Å². The molecule has 1 aliphatic carbocycles. The van der Waals surface area contributed by atoms with Gasteiger partial charge in [0.2, 0.25) is 0 Å². The average Bonchev–Trinajstić information content (AvgIpc) is 2.54. The maximum atomic E-state index is 3.99. The highest BCUT2D eigenvalue weighted by molar-refractivity contribution is 5.65. The van der Waals surface area contributed by atoms with E-state index in [9.17, 15) is 0 Å². The Morgan fingerprint density at radius 1 is 1.38 bits per heavy atom. The number of nitrogens with one attached hydrogen (secondary N) is 1. The lowest BCUT2D eigenvalue weighted by atomic mass is 9.87. The van der Waals surface area contributed by atoms with Crippen molar-refractivity contribution in [1.29, 1.82) is 0 Å². The largest absolute Gasteiger partial charge is 0.278 e. The maximum Gasteiger partial charge on any atom is 0.0647 e. The molecule has 0 bridgehead atoms. The zero-order valence-electron chi connectivity index (χ0n) is 8.04. The Labute approximate surface area is 78.4 Å². The highest BCUT2D eigenvalue weighted by Gasteiger charge is 2.16. The van der Waals surface area contributed by atoms with Crippen LogP contribution in [0.15, 0.2) is 18.3 Å². The Morgan fingerprint density at radius 3 is 2.92 bits per heavy atom. The quantitative estimate of drug-likeness (QED) is 0.696. The first kappa shape index (κ1) is 8.30. The van der Waals surface area contributed by atoms with Crippen molar-refractivity contribution in [2.75, 3.05) is 0 Å². The third-order valence-corrected chi connectivity index (χ3v) is 2.74. The molecule has 0 radical (unpaired) electrons. The Hall–Kier alpha value is -1.31. The number of fused-ring (bicyclic) bond motifs is 1. The van der Waals surface area contributed by atoms with Crippen LogP contribution in [0.5, 0.6) is 0 Å². The summed E-state index contributed by atoms with van der Waals surface area (Å²) in [6.07, 6.45) is 11.7. The molecule has 2 heteroatoms. The molecule has 0 amide bonds. The highest BCUT2D eigenvalue weighted by atomic mass is 15.1. The second-order valence-corrected chi connectivity index (χ2v) is 3.77. The van der Waals surface area contributed by atoms with Crippen molar-refractivity contribution in [2.45, 2.75) is 20.3 Å². The van der Waals surface area contributed by atoms with E-state index < -0.39 is 0 Å². The van der Waals surface area contributed by atoms with E-state index in [-0.39, 0.29) is 5.41 Å². The molecule has 0 aromatic carbocycles. The first-order valence-electron chi connectivity index (χ1n) is 4.65. The van der Waals surface area contributed by atoms with E-state index in [1.54, 1.807) is 0 Å². The molecule has 2 rings (SSSR count). The van der Waals surface area contributed by atoms with Crippen LogP contribution in [0.25, 0.3) is 12.2 Å². The predicted molar refractivity (Wildman–Crippen MR) is 55.1 cm³/mol. The number of aromatic amines is 1. The molecule has 0 spiro atoms. The fraction of sp³-hybridized carbons (Fsp3) is 0.364. The van der Waals surface area contributed by atoms with E-state index in [1.165, 1.54) is 5.56 Å². The number of allylic oxidation sites excluding steroid dienone is 2. The first-order valence-corrected chi connectivity index (χ1v) is 4.65. The van der Waals surface area contributed by atoms with Crippen LogP contribution in [0.4, 0.5) is 0 Å². The van der Waals surface area contributed by atoms with E-state index in [0.29, 0.717) is 0 Å². The summed E-state index contributed by atoms with van der Waals surface area (Å²) < 4.78 is 0. The van der Waals surface area contributed by atoms with Crippen molar-refractivity contribution in [3.63, 3.8) is 0 Å². The fourth-order valence-electron chi connectivity index (χ4n) is 1.42. The fourth-order valence-corrected chi connectivity index (χ4v) is 1.42. The van der Waals surface area contributed by atoms with Crippen LogP contribution in [0, 0.1) is 5.41 Å². The second-order valence-electron chi connectivity index (χ2n) is 3.77. The Kier molecular flexibility index (Phi) is 1.83. The molecular formula is C11H14N2. The van der Waals surface area contributed by atoms with Gasteiger partial charge >= 0.3 is 0 Å². The average molecular weight is 174 g/mol. The second kappa shape index (κ2) is 2.87. The molecule has 1 aliphatic rings. The summed E-state index contributed by atoms with van der Waals surface area (Å²) in [5.74, 6) is 0. The summed E-state index contributed by atoms with van der Waals surface area (Å²) in [6, 6.07) is 0. The number of H-pyrrole nitrogens is 1. The summed E-state index contributed by atoms with van der Waals surface area (Å²) in [5.41, 5.74) is 2.47. The first-order chi connectivity index (χ1) is 6.23. The minimum absolute atomic E-state index is 0.194. The van der Waals surface area contributed by atoms with Gasteiger partial charge in [-0.05, 0) is 12.5 Å². The topological polar surface area (TPSA) is 28.7 Å². The lowest BCUT2D eigenvalue weighted by Crippen LogP contribution is -2.05. The predicted octanol–water partition coefficient (Wildman–Crippen LogP) is 2.87. The van der Waals surface area contributed by atoms with Gasteiger partial charge in [-0.2, -0.15) is 5.10 Å². The van der Waals surface area contributed by atoms with Crippen molar-refractivity contribution >= 4 is 12.2 Å². The van der Waals surface area contributed by atoms with Crippen molar-refractivity contribution in [3.05, 3.63) is 29.6 Å².